The number of aromatic nitrogens is 3. The van der Waals surface area contributed by atoms with Crippen LogP contribution in [-0.4, -0.2) is 20.9 Å². The van der Waals surface area contributed by atoms with Gasteiger partial charge in [-0.1, -0.05) is 45.4 Å². The summed E-state index contributed by atoms with van der Waals surface area (Å²) in [5, 5.41) is 19.7. The maximum absolute atomic E-state index is 12.0. The molecule has 124 valence electrons. The van der Waals surface area contributed by atoms with Crippen molar-refractivity contribution in [3.8, 4) is 17.3 Å². The number of halogens is 1. The molecule has 1 aromatic heterocycles. The summed E-state index contributed by atoms with van der Waals surface area (Å²) >= 11 is 3.42. The molecular formula is C18H14BrN5O. The van der Waals surface area contributed by atoms with Crippen molar-refractivity contribution < 1.29 is 4.79 Å². The van der Waals surface area contributed by atoms with Crippen LogP contribution in [0.5, 0.6) is 0 Å². The Balaban J connectivity index is 1.57. The number of rotatable bonds is 5. The molecule has 1 N–H and O–H groups in total. The van der Waals surface area contributed by atoms with Gasteiger partial charge in [0.2, 0.25) is 5.91 Å². The first-order chi connectivity index (χ1) is 12.1. The van der Waals surface area contributed by atoms with Gasteiger partial charge in [-0.2, -0.15) is 5.26 Å². The van der Waals surface area contributed by atoms with E-state index in [-0.39, 0.29) is 12.5 Å². The minimum Gasteiger partial charge on any atom is -0.350 e. The molecule has 0 aliphatic heterocycles. The second-order valence-electron chi connectivity index (χ2n) is 5.40. The number of benzene rings is 2. The quantitative estimate of drug-likeness (QED) is 0.719. The number of nitrogens with one attached hydrogen (secondary N) is 1. The van der Waals surface area contributed by atoms with Crippen LogP contribution in [0.1, 0.15) is 11.1 Å². The molecule has 0 fully saturated rings. The molecule has 0 saturated carbocycles. The Hall–Kier alpha value is -2.98. The van der Waals surface area contributed by atoms with E-state index in [0.29, 0.717) is 17.8 Å². The predicted molar refractivity (Wildman–Crippen MR) is 96.2 cm³/mol. The molecule has 0 aliphatic carbocycles. The second-order valence-corrected chi connectivity index (χ2v) is 6.31. The zero-order chi connectivity index (χ0) is 17.6. The van der Waals surface area contributed by atoms with E-state index in [4.69, 9.17) is 5.26 Å². The van der Waals surface area contributed by atoms with Gasteiger partial charge >= 0.3 is 0 Å². The summed E-state index contributed by atoms with van der Waals surface area (Å²) < 4.78 is 2.46. The molecule has 6 nitrogen and oxygen atoms in total. The fraction of sp³-hybridized carbons (Fsp3) is 0.111. The molecule has 7 heteroatoms. The molecule has 0 spiro atoms. The van der Waals surface area contributed by atoms with Crippen LogP contribution >= 0.6 is 15.9 Å². The maximum Gasteiger partial charge on any atom is 0.242 e. The molecule has 2 aromatic carbocycles. The highest BCUT2D eigenvalue weighted by molar-refractivity contribution is 9.10. The van der Waals surface area contributed by atoms with Gasteiger partial charge in [-0.25, -0.2) is 4.68 Å². The van der Waals surface area contributed by atoms with Crippen LogP contribution in [-0.2, 0) is 17.9 Å². The third-order valence-electron chi connectivity index (χ3n) is 3.54. The van der Waals surface area contributed by atoms with Gasteiger partial charge in [-0.05, 0) is 29.8 Å². The topological polar surface area (TPSA) is 83.6 Å². The Labute approximate surface area is 153 Å². The van der Waals surface area contributed by atoms with Crippen molar-refractivity contribution in [1.82, 2.24) is 20.3 Å². The Morgan fingerprint density at radius 3 is 2.76 bits per heavy atom. The highest BCUT2D eigenvalue weighted by Crippen LogP contribution is 2.20. The first-order valence-corrected chi connectivity index (χ1v) is 8.35. The molecule has 1 heterocycles. The van der Waals surface area contributed by atoms with E-state index in [0.717, 1.165) is 15.6 Å². The van der Waals surface area contributed by atoms with Gasteiger partial charge in [0.05, 0.1) is 17.8 Å². The lowest BCUT2D eigenvalue weighted by Gasteiger charge is -2.05. The normalized spacial score (nSPS) is 10.2. The summed E-state index contributed by atoms with van der Waals surface area (Å²) in [6.45, 7) is 0.495. The molecule has 0 atom stereocenters. The zero-order valence-corrected chi connectivity index (χ0v) is 14.8. The van der Waals surface area contributed by atoms with Crippen LogP contribution in [0.25, 0.3) is 11.3 Å². The van der Waals surface area contributed by atoms with E-state index < -0.39 is 0 Å². The van der Waals surface area contributed by atoms with Crippen molar-refractivity contribution in [1.29, 1.82) is 5.26 Å². The fourth-order valence-corrected chi connectivity index (χ4v) is 2.66. The highest BCUT2D eigenvalue weighted by Gasteiger charge is 2.08. The van der Waals surface area contributed by atoms with Crippen molar-refractivity contribution in [3.63, 3.8) is 0 Å². The van der Waals surface area contributed by atoms with Crippen LogP contribution < -0.4 is 5.32 Å². The van der Waals surface area contributed by atoms with E-state index in [2.05, 4.69) is 37.6 Å². The summed E-state index contributed by atoms with van der Waals surface area (Å²) in [5.74, 6) is -0.157. The molecule has 25 heavy (non-hydrogen) atoms. The predicted octanol–water partition coefficient (Wildman–Crippen LogP) is 2.90. The monoisotopic (exact) mass is 395 g/mol. The smallest absolute Gasteiger partial charge is 0.242 e. The first kappa shape index (κ1) is 16.9. The average Bonchev–Trinajstić information content (AvgIpc) is 3.09. The van der Waals surface area contributed by atoms with Crippen LogP contribution in [0.3, 0.4) is 0 Å². The molecule has 0 bridgehead atoms. The fourth-order valence-electron chi connectivity index (χ4n) is 2.26. The molecule has 0 unspecified atom stereocenters. The number of nitriles is 1. The van der Waals surface area contributed by atoms with E-state index in [1.807, 2.05) is 36.4 Å². The number of hydrogen-bond donors (Lipinski definition) is 1. The van der Waals surface area contributed by atoms with Crippen LogP contribution in [0.4, 0.5) is 0 Å². The lowest BCUT2D eigenvalue weighted by molar-refractivity contribution is -0.122. The third kappa shape index (κ3) is 4.52. The largest absolute Gasteiger partial charge is 0.350 e. The van der Waals surface area contributed by atoms with Crippen LogP contribution in [0.2, 0.25) is 0 Å². The molecule has 0 saturated heterocycles. The highest BCUT2D eigenvalue weighted by atomic mass is 79.9. The molecule has 0 aliphatic rings. The van der Waals surface area contributed by atoms with Gasteiger partial charge in [-0.15, -0.1) is 5.10 Å². The summed E-state index contributed by atoms with van der Waals surface area (Å²) in [4.78, 5) is 12.0. The van der Waals surface area contributed by atoms with Gasteiger partial charge < -0.3 is 5.32 Å². The Morgan fingerprint density at radius 2 is 2.04 bits per heavy atom. The van der Waals surface area contributed by atoms with Crippen molar-refractivity contribution in [3.05, 3.63) is 70.3 Å². The van der Waals surface area contributed by atoms with Crippen molar-refractivity contribution in [2.45, 2.75) is 13.1 Å². The Kier molecular flexibility index (Phi) is 5.21. The van der Waals surface area contributed by atoms with Gasteiger partial charge in [0.25, 0.3) is 0 Å². The number of carbonyl (C=O) groups excluding carboxylic acids is 1. The number of nitrogens with zero attached hydrogens (tertiary/aromatic N) is 4. The first-order valence-electron chi connectivity index (χ1n) is 7.56. The van der Waals surface area contributed by atoms with Crippen LogP contribution in [0.15, 0.2) is 59.2 Å². The SMILES string of the molecule is N#Cc1ccc(CNC(=O)Cn2cc(-c3cccc(Br)c3)nn2)cc1. The zero-order valence-electron chi connectivity index (χ0n) is 13.2. The molecule has 0 radical (unpaired) electrons. The average molecular weight is 396 g/mol. The van der Waals surface area contributed by atoms with Gasteiger partial charge in [0.1, 0.15) is 12.2 Å². The maximum atomic E-state index is 12.0. The minimum atomic E-state index is -0.157. The molecule has 1 amide bonds. The minimum absolute atomic E-state index is 0.0945. The van der Waals surface area contributed by atoms with Crippen molar-refractivity contribution >= 4 is 21.8 Å². The second kappa shape index (κ2) is 7.73. The number of hydrogen-bond acceptors (Lipinski definition) is 4. The van der Waals surface area contributed by atoms with Crippen molar-refractivity contribution in [2.75, 3.05) is 0 Å². The summed E-state index contributed by atoms with van der Waals surface area (Å²) in [6, 6.07) is 16.9. The number of amides is 1. The molecular weight excluding hydrogens is 382 g/mol. The number of carbonyl (C=O) groups is 1. The van der Waals surface area contributed by atoms with Gasteiger partial charge in [-0.3, -0.25) is 4.79 Å². The van der Waals surface area contributed by atoms with Crippen LogP contribution in [0, 0.1) is 11.3 Å². The lowest BCUT2D eigenvalue weighted by atomic mass is 10.1. The standard InChI is InChI=1S/C18H14BrN5O/c19-16-3-1-2-15(8-16)17-11-24(23-22-17)12-18(25)21-10-14-6-4-13(9-20)5-7-14/h1-8,11H,10,12H2,(H,21,25). The van der Waals surface area contributed by atoms with E-state index in [1.54, 1.807) is 18.3 Å². The van der Waals surface area contributed by atoms with Gasteiger partial charge in [0.15, 0.2) is 0 Å². The van der Waals surface area contributed by atoms with E-state index in [1.165, 1.54) is 4.68 Å². The Bertz CT molecular complexity index is 927. The summed E-state index contributed by atoms with van der Waals surface area (Å²) in [6.07, 6.45) is 1.74. The van der Waals surface area contributed by atoms with E-state index >= 15 is 0 Å². The summed E-state index contributed by atoms with van der Waals surface area (Å²) in [5.41, 5.74) is 3.17. The lowest BCUT2D eigenvalue weighted by Crippen LogP contribution is -2.27. The summed E-state index contributed by atoms with van der Waals surface area (Å²) in [7, 11) is 0. The van der Waals surface area contributed by atoms with E-state index in [9.17, 15) is 4.79 Å². The van der Waals surface area contributed by atoms with Gasteiger partial charge in [0, 0.05) is 16.6 Å². The van der Waals surface area contributed by atoms with Crippen molar-refractivity contribution in [2.24, 2.45) is 0 Å². The molecule has 3 rings (SSSR count). The Morgan fingerprint density at radius 1 is 1.24 bits per heavy atom. The molecule has 3 aromatic rings. The third-order valence-corrected chi connectivity index (χ3v) is 4.03.